The number of phenols is 1. The van der Waals surface area contributed by atoms with E-state index >= 15 is 0 Å². The summed E-state index contributed by atoms with van der Waals surface area (Å²) in [4.78, 5) is 12.5. The minimum atomic E-state index is -0.526. The molecule has 0 saturated carbocycles. The molecule has 1 aromatic heterocycles. The summed E-state index contributed by atoms with van der Waals surface area (Å²) in [6.07, 6.45) is 14.0. The number of carbonyl (C=O) groups is 1. The molecule has 0 aliphatic carbocycles. The molecular formula is C30H37NO5. The van der Waals surface area contributed by atoms with Crippen LogP contribution in [0.3, 0.4) is 0 Å². The van der Waals surface area contributed by atoms with Gasteiger partial charge in [0.2, 0.25) is 5.78 Å². The number of para-hydroxylation sites is 1. The zero-order chi connectivity index (χ0) is 25.6. The number of unbranched alkanes of at least 4 members (excludes halogenated alkanes) is 9. The maximum atomic E-state index is 12.5. The van der Waals surface area contributed by atoms with E-state index in [9.17, 15) is 15.0 Å². The van der Waals surface area contributed by atoms with Crippen molar-refractivity contribution in [3.63, 3.8) is 0 Å². The van der Waals surface area contributed by atoms with Crippen LogP contribution >= 0.6 is 0 Å². The third kappa shape index (κ3) is 8.59. The van der Waals surface area contributed by atoms with Gasteiger partial charge in [0.05, 0.1) is 12.2 Å². The van der Waals surface area contributed by atoms with Crippen molar-refractivity contribution in [3.05, 3.63) is 71.9 Å². The summed E-state index contributed by atoms with van der Waals surface area (Å²) in [5.74, 6) is 0.250. The van der Waals surface area contributed by atoms with Crippen LogP contribution in [0, 0.1) is 0 Å². The topological polar surface area (TPSA) is 92.8 Å². The lowest BCUT2D eigenvalue weighted by Gasteiger charge is -2.07. The number of nitrogens with zero attached hydrogens (tertiary/aromatic N) is 1. The lowest BCUT2D eigenvalue weighted by molar-refractivity contribution is 0.103. The molecule has 3 rings (SSSR count). The zero-order valence-electron chi connectivity index (χ0n) is 21.1. The molecule has 6 nitrogen and oxygen atoms in total. The van der Waals surface area contributed by atoms with Crippen LogP contribution in [0.1, 0.15) is 87.2 Å². The Labute approximate surface area is 213 Å². The highest BCUT2D eigenvalue weighted by molar-refractivity contribution is 6.07. The first kappa shape index (κ1) is 27.1. The molecule has 0 unspecified atom stereocenters. The molecule has 192 valence electrons. The largest absolute Gasteiger partial charge is 0.507 e. The lowest BCUT2D eigenvalue weighted by atomic mass is 10.1. The quantitative estimate of drug-likeness (QED) is 0.0909. The van der Waals surface area contributed by atoms with Crippen LogP contribution in [0.15, 0.2) is 65.2 Å². The minimum absolute atomic E-state index is 0.0632. The number of aliphatic hydroxyl groups is 1. The van der Waals surface area contributed by atoms with Crippen molar-refractivity contribution in [3.8, 4) is 22.8 Å². The molecule has 0 aliphatic heterocycles. The Morgan fingerprint density at radius 2 is 1.56 bits per heavy atom. The molecule has 0 atom stereocenters. The van der Waals surface area contributed by atoms with E-state index in [1.807, 2.05) is 24.3 Å². The second-order valence-corrected chi connectivity index (χ2v) is 9.04. The smallest absolute Gasteiger partial charge is 0.211 e. The molecular weight excluding hydrogens is 454 g/mol. The molecule has 2 aromatic carbocycles. The van der Waals surface area contributed by atoms with Gasteiger partial charge in [0.15, 0.2) is 11.5 Å². The van der Waals surface area contributed by atoms with Gasteiger partial charge in [-0.05, 0) is 42.8 Å². The molecule has 0 aliphatic rings. The molecule has 0 spiro atoms. The molecule has 0 fully saturated rings. The summed E-state index contributed by atoms with van der Waals surface area (Å²) >= 11 is 0. The number of aromatic nitrogens is 1. The number of aromatic hydroxyl groups is 1. The summed E-state index contributed by atoms with van der Waals surface area (Å²) < 4.78 is 11.2. The maximum Gasteiger partial charge on any atom is 0.211 e. The number of hydrogen-bond acceptors (Lipinski definition) is 6. The van der Waals surface area contributed by atoms with Gasteiger partial charge in [0, 0.05) is 17.7 Å². The van der Waals surface area contributed by atoms with Crippen molar-refractivity contribution >= 4 is 11.5 Å². The molecule has 0 radical (unpaired) electrons. The Bertz CT molecular complexity index is 1100. The average molecular weight is 492 g/mol. The van der Waals surface area contributed by atoms with Gasteiger partial charge in [0.25, 0.3) is 0 Å². The van der Waals surface area contributed by atoms with Gasteiger partial charge in [0.1, 0.15) is 17.3 Å². The zero-order valence-corrected chi connectivity index (χ0v) is 21.1. The van der Waals surface area contributed by atoms with Crippen LogP contribution in [0.5, 0.6) is 11.5 Å². The predicted molar refractivity (Wildman–Crippen MR) is 142 cm³/mol. The van der Waals surface area contributed by atoms with Gasteiger partial charge in [-0.25, -0.2) is 0 Å². The van der Waals surface area contributed by atoms with E-state index in [2.05, 4.69) is 12.1 Å². The summed E-state index contributed by atoms with van der Waals surface area (Å²) in [7, 11) is 0. The Kier molecular flexibility index (Phi) is 11.1. The van der Waals surface area contributed by atoms with Crippen LogP contribution in [0.4, 0.5) is 0 Å². The Morgan fingerprint density at radius 1 is 0.917 bits per heavy atom. The third-order valence-corrected chi connectivity index (χ3v) is 6.12. The summed E-state index contributed by atoms with van der Waals surface area (Å²) in [5.41, 5.74) is 0.998. The van der Waals surface area contributed by atoms with Gasteiger partial charge >= 0.3 is 0 Å². The summed E-state index contributed by atoms with van der Waals surface area (Å²) in [6.45, 7) is 2.95. The molecule has 1 heterocycles. The summed E-state index contributed by atoms with van der Waals surface area (Å²) in [6, 6.07) is 15.2. The fourth-order valence-electron chi connectivity index (χ4n) is 3.99. The van der Waals surface area contributed by atoms with E-state index in [0.717, 1.165) is 23.8 Å². The number of rotatable bonds is 16. The highest BCUT2D eigenvalue weighted by Crippen LogP contribution is 2.26. The van der Waals surface area contributed by atoms with E-state index < -0.39 is 5.78 Å². The number of carbonyl (C=O) groups excluding carboxylic acids is 1. The number of phenolic OH excluding ortho intramolecular Hbond substituents is 1. The van der Waals surface area contributed by atoms with Crippen molar-refractivity contribution in [2.75, 3.05) is 6.61 Å². The Hall–Kier alpha value is -3.54. The normalized spacial score (nSPS) is 11.5. The maximum absolute atomic E-state index is 12.5. The van der Waals surface area contributed by atoms with Crippen LogP contribution in [0.2, 0.25) is 0 Å². The standard InChI is InChI=1S/C30H37NO5/c1-2-3-4-5-6-7-8-9-10-13-20-35-24-18-16-23(17-19-24)30-21-26(31-36-30)29(34)22-28(33)25-14-11-12-15-27(25)32/h11-12,14-19,21-22,32-33H,2-10,13,20H2,1H3/b28-22-. The first-order valence-corrected chi connectivity index (χ1v) is 13.0. The van der Waals surface area contributed by atoms with E-state index in [0.29, 0.717) is 12.4 Å². The van der Waals surface area contributed by atoms with Gasteiger partial charge in [-0.1, -0.05) is 82.0 Å². The number of ketones is 1. The van der Waals surface area contributed by atoms with Gasteiger partial charge < -0.3 is 19.5 Å². The van der Waals surface area contributed by atoms with Crippen molar-refractivity contribution in [1.29, 1.82) is 0 Å². The highest BCUT2D eigenvalue weighted by Gasteiger charge is 2.14. The number of hydrogen-bond donors (Lipinski definition) is 2. The first-order chi connectivity index (χ1) is 17.6. The van der Waals surface area contributed by atoms with Crippen molar-refractivity contribution < 1.29 is 24.3 Å². The Morgan fingerprint density at radius 3 is 2.22 bits per heavy atom. The molecule has 0 saturated heterocycles. The van der Waals surface area contributed by atoms with Crippen LogP contribution < -0.4 is 4.74 Å². The Balaban J connectivity index is 1.40. The van der Waals surface area contributed by atoms with Crippen molar-refractivity contribution in [2.45, 2.75) is 71.1 Å². The first-order valence-electron chi connectivity index (χ1n) is 13.0. The highest BCUT2D eigenvalue weighted by atomic mass is 16.5. The number of aliphatic hydroxyl groups excluding tert-OH is 1. The van der Waals surface area contributed by atoms with Crippen molar-refractivity contribution in [1.82, 2.24) is 5.16 Å². The fourth-order valence-corrected chi connectivity index (χ4v) is 3.99. The monoisotopic (exact) mass is 491 g/mol. The number of ether oxygens (including phenoxy) is 1. The third-order valence-electron chi connectivity index (χ3n) is 6.12. The van der Waals surface area contributed by atoms with E-state index in [1.165, 1.54) is 76.0 Å². The van der Waals surface area contributed by atoms with E-state index in [1.54, 1.807) is 12.1 Å². The van der Waals surface area contributed by atoms with Crippen LogP contribution in [-0.4, -0.2) is 27.8 Å². The molecule has 0 amide bonds. The SMILES string of the molecule is CCCCCCCCCCCCOc1ccc(-c2cc(C(=O)/C=C(\O)c3ccccc3O)no2)cc1. The summed E-state index contributed by atoms with van der Waals surface area (Å²) in [5, 5.41) is 23.8. The van der Waals surface area contributed by atoms with Crippen LogP contribution in [-0.2, 0) is 0 Å². The second-order valence-electron chi connectivity index (χ2n) is 9.04. The minimum Gasteiger partial charge on any atom is -0.507 e. The predicted octanol–water partition coefficient (Wildman–Crippen LogP) is 8.13. The van der Waals surface area contributed by atoms with Gasteiger partial charge in [-0.15, -0.1) is 0 Å². The molecule has 6 heteroatoms. The van der Waals surface area contributed by atoms with Gasteiger partial charge in [-0.2, -0.15) is 0 Å². The number of benzene rings is 2. The second kappa shape index (κ2) is 14.8. The lowest BCUT2D eigenvalue weighted by Crippen LogP contribution is -1.97. The molecule has 0 bridgehead atoms. The van der Waals surface area contributed by atoms with Crippen molar-refractivity contribution in [2.24, 2.45) is 0 Å². The van der Waals surface area contributed by atoms with E-state index in [-0.39, 0.29) is 22.8 Å². The number of allylic oxidation sites excluding steroid dienone is 1. The van der Waals surface area contributed by atoms with Gasteiger partial charge in [-0.3, -0.25) is 4.79 Å². The molecule has 36 heavy (non-hydrogen) atoms. The average Bonchev–Trinajstić information content (AvgIpc) is 3.38. The molecule has 3 aromatic rings. The van der Waals surface area contributed by atoms with E-state index in [4.69, 9.17) is 9.26 Å². The van der Waals surface area contributed by atoms with Crippen LogP contribution in [0.25, 0.3) is 17.1 Å². The fraction of sp³-hybridized carbons (Fsp3) is 0.400. The molecule has 2 N–H and O–H groups in total.